The van der Waals surface area contributed by atoms with Gasteiger partial charge in [0.1, 0.15) is 0 Å². The molecule has 152 valence electrons. The molecule has 0 atom stereocenters. The first-order valence-electron chi connectivity index (χ1n) is 9.89. The molecule has 1 aromatic heterocycles. The van der Waals surface area contributed by atoms with E-state index in [9.17, 15) is 9.59 Å². The maximum atomic E-state index is 13.2. The smallest absolute Gasteiger partial charge is 0.266 e. The van der Waals surface area contributed by atoms with Crippen LogP contribution < -0.4 is 10.9 Å². The van der Waals surface area contributed by atoms with Crippen molar-refractivity contribution in [3.8, 4) is 5.69 Å². The van der Waals surface area contributed by atoms with Crippen LogP contribution in [0.3, 0.4) is 0 Å². The van der Waals surface area contributed by atoms with Gasteiger partial charge in [-0.3, -0.25) is 14.2 Å². The van der Waals surface area contributed by atoms with Crippen LogP contribution in [0.25, 0.3) is 16.6 Å². The highest BCUT2D eigenvalue weighted by Gasteiger charge is 2.19. The van der Waals surface area contributed by atoms with Crippen LogP contribution in [0.1, 0.15) is 39.7 Å². The van der Waals surface area contributed by atoms with Gasteiger partial charge in [-0.15, -0.1) is 0 Å². The molecule has 1 heterocycles. The first-order chi connectivity index (χ1) is 13.8. The minimum atomic E-state index is -0.260. The second kappa shape index (κ2) is 8.82. The largest absolute Gasteiger partial charge is 0.351 e. The molecule has 2 aromatic carbocycles. The Hall–Kier alpha value is -2.60. The van der Waals surface area contributed by atoms with Crippen molar-refractivity contribution in [2.24, 2.45) is 0 Å². The number of nitrogens with one attached hydrogen (secondary N) is 1. The zero-order chi connectivity index (χ0) is 21.0. The maximum absolute atomic E-state index is 13.2. The molecule has 1 amide bonds. The Labute approximate surface area is 175 Å². The highest BCUT2D eigenvalue weighted by Crippen LogP contribution is 2.22. The molecular weight excluding hydrogens is 382 g/mol. The van der Waals surface area contributed by atoms with Gasteiger partial charge < -0.3 is 5.32 Å². The first kappa shape index (κ1) is 21.1. The minimum Gasteiger partial charge on any atom is -0.351 e. The van der Waals surface area contributed by atoms with E-state index in [1.165, 1.54) is 17.3 Å². The molecule has 0 radical (unpaired) electrons. The summed E-state index contributed by atoms with van der Waals surface area (Å²) in [5.74, 6) is 0.124. The average molecular weight is 410 g/mol. The van der Waals surface area contributed by atoms with Gasteiger partial charge in [0.05, 0.1) is 22.3 Å². The Kier molecular flexibility index (Phi) is 6.42. The van der Waals surface area contributed by atoms with Gasteiger partial charge in [0, 0.05) is 5.54 Å². The number of amides is 1. The summed E-state index contributed by atoms with van der Waals surface area (Å²) in [4.78, 5) is 30.3. The number of para-hydroxylation sites is 1. The minimum absolute atomic E-state index is 0.0721. The van der Waals surface area contributed by atoms with Crippen molar-refractivity contribution in [2.75, 3.05) is 5.75 Å². The fourth-order valence-electron chi connectivity index (χ4n) is 2.95. The van der Waals surface area contributed by atoms with Gasteiger partial charge in [0.2, 0.25) is 5.91 Å². The summed E-state index contributed by atoms with van der Waals surface area (Å²) in [6, 6.07) is 15.2. The SMILES string of the molecule is CCc1ccc(-n2c(SCC(=O)NC(C)(C)CC)nc3ccccc3c2=O)cc1. The number of fused-ring (bicyclic) bond motifs is 1. The van der Waals surface area contributed by atoms with E-state index >= 15 is 0 Å². The fourth-order valence-corrected chi connectivity index (χ4v) is 3.76. The van der Waals surface area contributed by atoms with Crippen molar-refractivity contribution in [1.29, 1.82) is 0 Å². The van der Waals surface area contributed by atoms with Gasteiger partial charge in [-0.25, -0.2) is 4.98 Å². The Balaban J connectivity index is 2.00. The Morgan fingerprint density at radius 3 is 2.45 bits per heavy atom. The van der Waals surface area contributed by atoms with Crippen LogP contribution in [-0.4, -0.2) is 26.8 Å². The van der Waals surface area contributed by atoms with Crippen molar-refractivity contribution in [1.82, 2.24) is 14.9 Å². The second-order valence-corrected chi connectivity index (χ2v) is 8.59. The number of aromatic nitrogens is 2. The van der Waals surface area contributed by atoms with Crippen molar-refractivity contribution in [3.05, 3.63) is 64.4 Å². The molecule has 6 heteroatoms. The van der Waals surface area contributed by atoms with Gasteiger partial charge in [-0.2, -0.15) is 0 Å². The van der Waals surface area contributed by atoms with Gasteiger partial charge in [0.25, 0.3) is 5.56 Å². The summed E-state index contributed by atoms with van der Waals surface area (Å²) in [5, 5.41) is 4.11. The maximum Gasteiger partial charge on any atom is 0.266 e. The van der Waals surface area contributed by atoms with Crippen LogP contribution in [0, 0.1) is 0 Å². The predicted octanol–water partition coefficient (Wildman–Crippen LogP) is 4.35. The number of nitrogens with zero attached hydrogens (tertiary/aromatic N) is 2. The summed E-state index contributed by atoms with van der Waals surface area (Å²) < 4.78 is 1.60. The van der Waals surface area contributed by atoms with Gasteiger partial charge in [-0.1, -0.05) is 49.9 Å². The van der Waals surface area contributed by atoms with Gasteiger partial charge in [-0.05, 0) is 56.5 Å². The van der Waals surface area contributed by atoms with Crippen molar-refractivity contribution < 1.29 is 4.79 Å². The van der Waals surface area contributed by atoms with E-state index in [0.717, 1.165) is 18.5 Å². The van der Waals surface area contributed by atoms with Crippen LogP contribution in [-0.2, 0) is 11.2 Å². The molecule has 0 aliphatic carbocycles. The molecule has 0 bridgehead atoms. The summed E-state index contributed by atoms with van der Waals surface area (Å²) in [6.07, 6.45) is 1.77. The number of rotatable bonds is 7. The average Bonchev–Trinajstić information content (AvgIpc) is 2.72. The highest BCUT2D eigenvalue weighted by atomic mass is 32.2. The molecule has 0 aliphatic heterocycles. The van der Waals surface area contributed by atoms with E-state index in [0.29, 0.717) is 16.1 Å². The lowest BCUT2D eigenvalue weighted by molar-refractivity contribution is -0.120. The third-order valence-electron chi connectivity index (χ3n) is 5.04. The van der Waals surface area contributed by atoms with Crippen molar-refractivity contribution >= 4 is 28.6 Å². The Morgan fingerprint density at radius 1 is 1.10 bits per heavy atom. The lowest BCUT2D eigenvalue weighted by Crippen LogP contribution is -2.43. The molecule has 0 unspecified atom stereocenters. The monoisotopic (exact) mass is 409 g/mol. The molecule has 1 N–H and O–H groups in total. The molecule has 0 saturated carbocycles. The molecule has 5 nitrogen and oxygen atoms in total. The van der Waals surface area contributed by atoms with E-state index in [1.807, 2.05) is 63.2 Å². The van der Waals surface area contributed by atoms with Crippen LogP contribution >= 0.6 is 11.8 Å². The number of thioether (sulfide) groups is 1. The van der Waals surface area contributed by atoms with Gasteiger partial charge >= 0.3 is 0 Å². The summed E-state index contributed by atoms with van der Waals surface area (Å²) >= 11 is 1.28. The standard InChI is InChI=1S/C23H27N3O2S/c1-5-16-11-13-17(14-12-16)26-21(28)18-9-7-8-10-19(18)24-22(26)29-15-20(27)25-23(3,4)6-2/h7-14H,5-6,15H2,1-4H3,(H,25,27). The van der Waals surface area contributed by atoms with Crippen LogP contribution in [0.4, 0.5) is 0 Å². The summed E-state index contributed by atoms with van der Waals surface area (Å²) in [7, 11) is 0. The van der Waals surface area contributed by atoms with Crippen LogP contribution in [0.2, 0.25) is 0 Å². The fraction of sp³-hybridized carbons (Fsp3) is 0.348. The first-order valence-corrected chi connectivity index (χ1v) is 10.9. The second-order valence-electron chi connectivity index (χ2n) is 7.65. The number of hydrogen-bond acceptors (Lipinski definition) is 4. The third-order valence-corrected chi connectivity index (χ3v) is 5.98. The molecule has 29 heavy (non-hydrogen) atoms. The third kappa shape index (κ3) is 4.88. The summed E-state index contributed by atoms with van der Waals surface area (Å²) in [6.45, 7) is 8.12. The number of hydrogen-bond donors (Lipinski definition) is 1. The molecule has 0 spiro atoms. The van der Waals surface area contributed by atoms with E-state index < -0.39 is 0 Å². The molecule has 3 aromatic rings. The molecular formula is C23H27N3O2S. The lowest BCUT2D eigenvalue weighted by atomic mass is 10.0. The Morgan fingerprint density at radius 2 is 1.79 bits per heavy atom. The van der Waals surface area contributed by atoms with Crippen molar-refractivity contribution in [3.63, 3.8) is 0 Å². The predicted molar refractivity (Wildman–Crippen MR) is 120 cm³/mol. The van der Waals surface area contributed by atoms with E-state index in [1.54, 1.807) is 10.6 Å². The number of carbonyl (C=O) groups excluding carboxylic acids is 1. The zero-order valence-electron chi connectivity index (χ0n) is 17.4. The highest BCUT2D eigenvalue weighted by molar-refractivity contribution is 7.99. The Bertz CT molecular complexity index is 1070. The molecule has 0 saturated heterocycles. The number of benzene rings is 2. The topological polar surface area (TPSA) is 64.0 Å². The zero-order valence-corrected chi connectivity index (χ0v) is 18.2. The van der Waals surface area contributed by atoms with E-state index in [4.69, 9.17) is 0 Å². The lowest BCUT2D eigenvalue weighted by Gasteiger charge is -2.24. The van der Waals surface area contributed by atoms with E-state index in [2.05, 4.69) is 17.2 Å². The quantitative estimate of drug-likeness (QED) is 0.466. The molecule has 0 aliphatic rings. The van der Waals surface area contributed by atoms with Crippen molar-refractivity contribution in [2.45, 2.75) is 51.2 Å². The number of aryl methyl sites for hydroxylation is 1. The van der Waals surface area contributed by atoms with E-state index in [-0.39, 0.29) is 22.8 Å². The molecule has 0 fully saturated rings. The summed E-state index contributed by atoms with van der Waals surface area (Å²) in [5.41, 5.74) is 2.20. The van der Waals surface area contributed by atoms with Crippen LogP contribution in [0.5, 0.6) is 0 Å². The van der Waals surface area contributed by atoms with Crippen LogP contribution in [0.15, 0.2) is 58.5 Å². The molecule has 3 rings (SSSR count). The van der Waals surface area contributed by atoms with Gasteiger partial charge in [0.15, 0.2) is 5.16 Å². The normalized spacial score (nSPS) is 11.6. The number of carbonyl (C=O) groups is 1.